The summed E-state index contributed by atoms with van der Waals surface area (Å²) in [6, 6.07) is 7.67. The zero-order valence-electron chi connectivity index (χ0n) is 10.3. The summed E-state index contributed by atoms with van der Waals surface area (Å²) in [6.07, 6.45) is 4.16. The van der Waals surface area contributed by atoms with E-state index >= 15 is 0 Å². The summed E-state index contributed by atoms with van der Waals surface area (Å²) < 4.78 is 1.84. The summed E-state index contributed by atoms with van der Waals surface area (Å²) in [5.41, 5.74) is 7.55. The van der Waals surface area contributed by atoms with Crippen LogP contribution in [0.15, 0.2) is 36.7 Å². The molecule has 0 unspecified atom stereocenters. The Balaban J connectivity index is 2.15. The Morgan fingerprint density at radius 1 is 1.50 bits per heavy atom. The number of nitrogens with two attached hydrogens (primary N) is 1. The Labute approximate surface area is 106 Å². The van der Waals surface area contributed by atoms with E-state index < -0.39 is 0 Å². The van der Waals surface area contributed by atoms with Crippen LogP contribution < -0.4 is 11.1 Å². The molecule has 5 nitrogen and oxygen atoms in total. The normalized spacial score (nSPS) is 10.3. The first-order valence-electron chi connectivity index (χ1n) is 5.74. The third-order valence-corrected chi connectivity index (χ3v) is 2.71. The van der Waals surface area contributed by atoms with Gasteiger partial charge in [0, 0.05) is 31.5 Å². The summed E-state index contributed by atoms with van der Waals surface area (Å²) in [5, 5.41) is 2.60. The molecule has 18 heavy (non-hydrogen) atoms. The fourth-order valence-electron chi connectivity index (χ4n) is 1.77. The molecule has 0 aliphatic rings. The maximum atomic E-state index is 11.4. The summed E-state index contributed by atoms with van der Waals surface area (Å²) in [5.74, 6) is 0.811. The first-order chi connectivity index (χ1) is 8.69. The van der Waals surface area contributed by atoms with Crippen LogP contribution in [-0.2, 0) is 17.8 Å². The van der Waals surface area contributed by atoms with Gasteiger partial charge in [-0.2, -0.15) is 0 Å². The van der Waals surface area contributed by atoms with E-state index in [1.54, 1.807) is 19.4 Å². The van der Waals surface area contributed by atoms with Crippen LogP contribution in [0.4, 0.5) is 5.69 Å². The van der Waals surface area contributed by atoms with E-state index in [1.807, 2.05) is 28.8 Å². The van der Waals surface area contributed by atoms with E-state index in [0.717, 1.165) is 17.1 Å². The van der Waals surface area contributed by atoms with Gasteiger partial charge in [0.2, 0.25) is 5.91 Å². The zero-order valence-corrected chi connectivity index (χ0v) is 10.3. The summed E-state index contributed by atoms with van der Waals surface area (Å²) in [7, 11) is 1.62. The number of nitrogens with one attached hydrogen (secondary N) is 1. The number of likely N-dealkylation sites (N-methyl/N-ethyl adjacent to an activating group) is 1. The van der Waals surface area contributed by atoms with Gasteiger partial charge in [0.05, 0.1) is 0 Å². The number of carbonyl (C=O) groups is 1. The van der Waals surface area contributed by atoms with Crippen molar-refractivity contribution in [2.45, 2.75) is 13.0 Å². The maximum Gasteiger partial charge on any atom is 0.239 e. The molecule has 0 radical (unpaired) electrons. The number of carbonyl (C=O) groups excluding carboxylic acids is 1. The molecule has 0 aliphatic heterocycles. The molecule has 5 heteroatoms. The number of benzene rings is 1. The zero-order chi connectivity index (χ0) is 13.0. The molecule has 0 saturated carbocycles. The van der Waals surface area contributed by atoms with Gasteiger partial charge < -0.3 is 15.6 Å². The summed E-state index contributed by atoms with van der Waals surface area (Å²) in [4.78, 5) is 15.6. The smallest absolute Gasteiger partial charge is 0.239 e. The van der Waals surface area contributed by atoms with E-state index in [4.69, 9.17) is 5.73 Å². The SMILES string of the molecule is CNC(=O)Cn1ccnc1Cc1cccc(N)c1. The minimum absolute atomic E-state index is 0.0400. The molecule has 1 aromatic heterocycles. The van der Waals surface area contributed by atoms with Gasteiger partial charge in [-0.1, -0.05) is 12.1 Å². The number of rotatable bonds is 4. The Bertz CT molecular complexity index is 547. The number of aromatic nitrogens is 2. The molecule has 0 saturated heterocycles. The highest BCUT2D eigenvalue weighted by atomic mass is 16.1. The minimum atomic E-state index is -0.0400. The molecule has 94 valence electrons. The van der Waals surface area contributed by atoms with Crippen LogP contribution in [0.25, 0.3) is 0 Å². The molecule has 2 aromatic rings. The fourth-order valence-corrected chi connectivity index (χ4v) is 1.77. The van der Waals surface area contributed by atoms with Gasteiger partial charge in [0.1, 0.15) is 12.4 Å². The predicted molar refractivity (Wildman–Crippen MR) is 70.0 cm³/mol. The number of nitrogen functional groups attached to an aromatic ring is 1. The number of hydrogen-bond donors (Lipinski definition) is 2. The van der Waals surface area contributed by atoms with E-state index in [0.29, 0.717) is 6.42 Å². The largest absolute Gasteiger partial charge is 0.399 e. The molecule has 3 N–H and O–H groups in total. The lowest BCUT2D eigenvalue weighted by Gasteiger charge is -2.07. The first kappa shape index (κ1) is 12.2. The van der Waals surface area contributed by atoms with E-state index in [-0.39, 0.29) is 12.5 Å². The molecular formula is C13H16N4O. The monoisotopic (exact) mass is 244 g/mol. The van der Waals surface area contributed by atoms with Crippen LogP contribution in [0.3, 0.4) is 0 Å². The highest BCUT2D eigenvalue weighted by Gasteiger charge is 2.07. The number of anilines is 1. The fraction of sp³-hybridized carbons (Fsp3) is 0.231. The third-order valence-electron chi connectivity index (χ3n) is 2.71. The van der Waals surface area contributed by atoms with Gasteiger partial charge >= 0.3 is 0 Å². The second-order valence-electron chi connectivity index (χ2n) is 4.07. The lowest BCUT2D eigenvalue weighted by atomic mass is 10.1. The second-order valence-corrected chi connectivity index (χ2v) is 4.07. The first-order valence-corrected chi connectivity index (χ1v) is 5.74. The van der Waals surface area contributed by atoms with Crippen molar-refractivity contribution < 1.29 is 4.79 Å². The van der Waals surface area contributed by atoms with Crippen LogP contribution in [-0.4, -0.2) is 22.5 Å². The Morgan fingerprint density at radius 3 is 3.06 bits per heavy atom. The highest BCUT2D eigenvalue weighted by molar-refractivity contribution is 5.75. The van der Waals surface area contributed by atoms with Gasteiger partial charge in [-0.3, -0.25) is 4.79 Å². The molecule has 2 rings (SSSR count). The van der Waals surface area contributed by atoms with Crippen molar-refractivity contribution in [1.29, 1.82) is 0 Å². The van der Waals surface area contributed by atoms with Crippen LogP contribution in [0, 0.1) is 0 Å². The third kappa shape index (κ3) is 2.88. The predicted octanol–water partition coefficient (Wildman–Crippen LogP) is 0.802. The molecule has 0 aliphatic carbocycles. The molecule has 1 heterocycles. The van der Waals surface area contributed by atoms with Crippen molar-refractivity contribution in [2.75, 3.05) is 12.8 Å². The number of hydrogen-bond acceptors (Lipinski definition) is 3. The minimum Gasteiger partial charge on any atom is -0.399 e. The summed E-state index contributed by atoms with van der Waals surface area (Å²) in [6.45, 7) is 0.286. The standard InChI is InChI=1S/C13H16N4O/c1-15-13(18)9-17-6-5-16-12(17)8-10-3-2-4-11(14)7-10/h2-7H,8-9,14H2,1H3,(H,15,18). The van der Waals surface area contributed by atoms with Crippen molar-refractivity contribution in [3.8, 4) is 0 Å². The van der Waals surface area contributed by atoms with Crippen molar-refractivity contribution in [1.82, 2.24) is 14.9 Å². The molecule has 0 fully saturated rings. The van der Waals surface area contributed by atoms with E-state index in [1.165, 1.54) is 0 Å². The number of imidazole rings is 1. The van der Waals surface area contributed by atoms with Gasteiger partial charge in [0.15, 0.2) is 0 Å². The Kier molecular flexibility index (Phi) is 3.62. The van der Waals surface area contributed by atoms with Crippen molar-refractivity contribution in [3.63, 3.8) is 0 Å². The topological polar surface area (TPSA) is 72.9 Å². The molecule has 1 aromatic carbocycles. The molecule has 0 atom stereocenters. The lowest BCUT2D eigenvalue weighted by Crippen LogP contribution is -2.24. The van der Waals surface area contributed by atoms with E-state index in [2.05, 4.69) is 10.3 Å². The van der Waals surface area contributed by atoms with Crippen LogP contribution in [0.5, 0.6) is 0 Å². The van der Waals surface area contributed by atoms with Crippen molar-refractivity contribution >= 4 is 11.6 Å². The van der Waals surface area contributed by atoms with Crippen LogP contribution in [0.2, 0.25) is 0 Å². The van der Waals surface area contributed by atoms with Gasteiger partial charge in [0.25, 0.3) is 0 Å². The number of nitrogens with zero attached hydrogens (tertiary/aromatic N) is 2. The molecule has 0 bridgehead atoms. The maximum absolute atomic E-state index is 11.4. The van der Waals surface area contributed by atoms with Crippen molar-refractivity contribution in [3.05, 3.63) is 48.0 Å². The average molecular weight is 244 g/mol. The Hall–Kier alpha value is -2.30. The number of amides is 1. The average Bonchev–Trinajstić information content (AvgIpc) is 2.76. The van der Waals surface area contributed by atoms with Crippen molar-refractivity contribution in [2.24, 2.45) is 0 Å². The second kappa shape index (κ2) is 5.35. The Morgan fingerprint density at radius 2 is 2.33 bits per heavy atom. The van der Waals surface area contributed by atoms with Gasteiger partial charge in [-0.25, -0.2) is 4.98 Å². The molecular weight excluding hydrogens is 228 g/mol. The quantitative estimate of drug-likeness (QED) is 0.781. The summed E-state index contributed by atoms with van der Waals surface area (Å²) >= 11 is 0. The van der Waals surface area contributed by atoms with Gasteiger partial charge in [-0.15, -0.1) is 0 Å². The highest BCUT2D eigenvalue weighted by Crippen LogP contribution is 2.11. The molecule has 0 spiro atoms. The van der Waals surface area contributed by atoms with E-state index in [9.17, 15) is 4.79 Å². The van der Waals surface area contributed by atoms with Crippen LogP contribution >= 0.6 is 0 Å². The van der Waals surface area contributed by atoms with Gasteiger partial charge in [-0.05, 0) is 17.7 Å². The van der Waals surface area contributed by atoms with Crippen LogP contribution in [0.1, 0.15) is 11.4 Å². The molecule has 1 amide bonds. The lowest BCUT2D eigenvalue weighted by molar-refractivity contribution is -0.121.